The lowest BCUT2D eigenvalue weighted by atomic mass is 9.90. The van der Waals surface area contributed by atoms with Crippen LogP contribution in [0, 0.1) is 0 Å². The highest BCUT2D eigenvalue weighted by Gasteiger charge is 2.23. The molecular weight excluding hydrogens is 352 g/mol. The largest absolute Gasteiger partial charge is 0.297 e. The van der Waals surface area contributed by atoms with Crippen LogP contribution in [0.25, 0.3) is 0 Å². The second-order valence-electron chi connectivity index (χ2n) is 6.49. The Hall–Kier alpha value is -2.22. The number of nitrogens with zero attached hydrogens (tertiary/aromatic N) is 1. The molecule has 1 saturated heterocycles. The fourth-order valence-electron chi connectivity index (χ4n) is 3.19. The zero-order valence-corrected chi connectivity index (χ0v) is 15.2. The highest BCUT2D eigenvalue weighted by atomic mass is 32.2. The molecule has 1 aliphatic heterocycles. The van der Waals surface area contributed by atoms with Gasteiger partial charge in [0.1, 0.15) is 0 Å². The molecule has 0 aromatic heterocycles. The smallest absolute Gasteiger partial charge is 0.255 e. The van der Waals surface area contributed by atoms with E-state index in [1.54, 1.807) is 5.48 Å². The number of amides is 1. The number of hydroxylamine groups is 1. The molecule has 2 N–H and O–H groups in total. The molecule has 3 rings (SSSR count). The first-order chi connectivity index (χ1) is 12.5. The summed E-state index contributed by atoms with van der Waals surface area (Å²) < 4.78 is 23.0. The summed E-state index contributed by atoms with van der Waals surface area (Å²) in [4.78, 5) is 14.3. The summed E-state index contributed by atoms with van der Waals surface area (Å²) in [5.41, 5.74) is 4.39. The van der Waals surface area contributed by atoms with Crippen LogP contribution < -0.4 is 5.48 Å². The number of sulfone groups is 1. The minimum absolute atomic E-state index is 0.206. The summed E-state index contributed by atoms with van der Waals surface area (Å²) in [6.45, 7) is 1.77. The van der Waals surface area contributed by atoms with Gasteiger partial charge in [0.15, 0.2) is 9.84 Å². The second kappa shape index (κ2) is 7.99. The van der Waals surface area contributed by atoms with Crippen LogP contribution in [0.3, 0.4) is 0 Å². The summed E-state index contributed by atoms with van der Waals surface area (Å²) >= 11 is 0. The molecule has 138 valence electrons. The van der Waals surface area contributed by atoms with Crippen LogP contribution in [0.2, 0.25) is 0 Å². The zero-order valence-electron chi connectivity index (χ0n) is 14.3. The predicted molar refractivity (Wildman–Crippen MR) is 98.6 cm³/mol. The van der Waals surface area contributed by atoms with E-state index >= 15 is 0 Å². The quantitative estimate of drug-likeness (QED) is 0.613. The van der Waals surface area contributed by atoms with Crippen molar-refractivity contribution in [1.82, 2.24) is 10.4 Å². The lowest BCUT2D eigenvalue weighted by Crippen LogP contribution is -2.39. The topological polar surface area (TPSA) is 86.7 Å². The molecule has 1 fully saturated rings. The van der Waals surface area contributed by atoms with Crippen LogP contribution in [0.5, 0.6) is 0 Å². The molecule has 0 aliphatic carbocycles. The minimum atomic E-state index is -2.88. The molecule has 0 radical (unpaired) electrons. The molecule has 1 aliphatic rings. The van der Waals surface area contributed by atoms with E-state index in [-0.39, 0.29) is 11.5 Å². The molecule has 1 unspecified atom stereocenters. The number of nitrogens with one attached hydrogen (secondary N) is 1. The maximum atomic E-state index is 12.1. The van der Waals surface area contributed by atoms with Gasteiger partial charge in [-0.15, -0.1) is 0 Å². The first-order valence-corrected chi connectivity index (χ1v) is 10.3. The van der Waals surface area contributed by atoms with Crippen molar-refractivity contribution in [2.75, 3.05) is 24.6 Å². The van der Waals surface area contributed by atoms with Gasteiger partial charge >= 0.3 is 0 Å². The third kappa shape index (κ3) is 4.49. The van der Waals surface area contributed by atoms with Crippen molar-refractivity contribution in [3.63, 3.8) is 0 Å². The Morgan fingerprint density at radius 2 is 1.58 bits per heavy atom. The van der Waals surface area contributed by atoms with E-state index < -0.39 is 21.7 Å². The summed E-state index contributed by atoms with van der Waals surface area (Å²) in [7, 11) is -2.88. The van der Waals surface area contributed by atoms with Crippen LogP contribution in [0.15, 0.2) is 54.6 Å². The summed E-state index contributed by atoms with van der Waals surface area (Å²) in [6.07, 6.45) is 0. The molecule has 6 nitrogen and oxygen atoms in total. The predicted octanol–water partition coefficient (Wildman–Crippen LogP) is 1.55. The highest BCUT2D eigenvalue weighted by molar-refractivity contribution is 7.91. The van der Waals surface area contributed by atoms with Gasteiger partial charge in [-0.05, 0) is 16.7 Å². The van der Waals surface area contributed by atoms with Crippen molar-refractivity contribution >= 4 is 15.7 Å². The number of benzene rings is 2. The Bertz CT molecular complexity index is 837. The van der Waals surface area contributed by atoms with Crippen molar-refractivity contribution in [1.29, 1.82) is 0 Å². The molecule has 1 heterocycles. The molecule has 1 amide bonds. The Morgan fingerprint density at radius 1 is 1.00 bits per heavy atom. The maximum Gasteiger partial charge on any atom is 0.255 e. The number of hydrogen-bond acceptors (Lipinski definition) is 5. The Morgan fingerprint density at radius 3 is 2.15 bits per heavy atom. The third-order valence-electron chi connectivity index (χ3n) is 4.66. The lowest BCUT2D eigenvalue weighted by Gasteiger charge is -2.26. The normalized spacial score (nSPS) is 18.2. The van der Waals surface area contributed by atoms with Crippen LogP contribution in [0.1, 0.15) is 22.6 Å². The average Bonchev–Trinajstić information content (AvgIpc) is 2.66. The van der Waals surface area contributed by atoms with Crippen LogP contribution in [0.4, 0.5) is 0 Å². The fraction of sp³-hybridized carbons (Fsp3) is 0.316. The van der Waals surface area contributed by atoms with E-state index in [0.29, 0.717) is 19.6 Å². The molecule has 1 atom stereocenters. The van der Waals surface area contributed by atoms with Crippen molar-refractivity contribution < 1.29 is 18.4 Å². The van der Waals surface area contributed by atoms with Crippen LogP contribution in [-0.4, -0.2) is 49.0 Å². The highest BCUT2D eigenvalue weighted by Crippen LogP contribution is 2.25. The summed E-state index contributed by atoms with van der Waals surface area (Å²) in [5.74, 6) is -0.657. The molecule has 0 spiro atoms. The summed E-state index contributed by atoms with van der Waals surface area (Å²) in [5, 5.41) is 9.09. The Labute approximate surface area is 153 Å². The maximum absolute atomic E-state index is 12.1. The van der Waals surface area contributed by atoms with Gasteiger partial charge < -0.3 is 0 Å². The number of carbonyl (C=O) groups is 1. The molecule has 0 bridgehead atoms. The standard InChI is InChI=1S/C19H22N2O4S/c22-19(20-23)18(16-4-2-1-3-5-16)17-8-6-15(7-9-17)14-21-10-12-26(24,25)13-11-21/h1-9,18,23H,10-14H2,(H,20,22). The van der Waals surface area contributed by atoms with Gasteiger partial charge in [0, 0.05) is 19.6 Å². The minimum Gasteiger partial charge on any atom is -0.297 e. The molecule has 7 heteroatoms. The van der Waals surface area contributed by atoms with Crippen molar-refractivity contribution in [2.45, 2.75) is 12.5 Å². The average molecular weight is 374 g/mol. The molecule has 0 saturated carbocycles. The van der Waals surface area contributed by atoms with Crippen LogP contribution in [-0.2, 0) is 21.2 Å². The second-order valence-corrected chi connectivity index (χ2v) is 8.79. The van der Waals surface area contributed by atoms with Crippen molar-refractivity contribution in [3.8, 4) is 0 Å². The van der Waals surface area contributed by atoms with E-state index in [9.17, 15) is 13.2 Å². The summed E-state index contributed by atoms with van der Waals surface area (Å²) in [6, 6.07) is 16.9. The van der Waals surface area contributed by atoms with E-state index in [1.807, 2.05) is 54.6 Å². The van der Waals surface area contributed by atoms with Gasteiger partial charge in [-0.1, -0.05) is 54.6 Å². The SMILES string of the molecule is O=C(NO)C(c1ccccc1)c1ccc(CN2CCS(=O)(=O)CC2)cc1. The first kappa shape index (κ1) is 18.6. The van der Waals surface area contributed by atoms with Gasteiger partial charge in [0.25, 0.3) is 5.91 Å². The first-order valence-electron chi connectivity index (χ1n) is 8.49. The molecule has 2 aromatic carbocycles. The third-order valence-corrected chi connectivity index (χ3v) is 6.27. The number of carbonyl (C=O) groups excluding carboxylic acids is 1. The van der Waals surface area contributed by atoms with Gasteiger partial charge in [-0.2, -0.15) is 0 Å². The zero-order chi connectivity index (χ0) is 18.6. The van der Waals surface area contributed by atoms with Gasteiger partial charge in [0.2, 0.25) is 0 Å². The van der Waals surface area contributed by atoms with Crippen molar-refractivity contribution in [2.24, 2.45) is 0 Å². The molecule has 2 aromatic rings. The molecular formula is C19H22N2O4S. The van der Waals surface area contributed by atoms with Gasteiger partial charge in [-0.3, -0.25) is 14.9 Å². The Balaban J connectivity index is 1.74. The van der Waals surface area contributed by atoms with Gasteiger partial charge in [-0.25, -0.2) is 13.9 Å². The fourth-order valence-corrected chi connectivity index (χ4v) is 4.46. The van der Waals surface area contributed by atoms with Crippen LogP contribution >= 0.6 is 0 Å². The van der Waals surface area contributed by atoms with E-state index in [2.05, 4.69) is 4.90 Å². The van der Waals surface area contributed by atoms with E-state index in [0.717, 1.165) is 16.7 Å². The number of hydrogen-bond donors (Lipinski definition) is 2. The lowest BCUT2D eigenvalue weighted by molar-refractivity contribution is -0.129. The Kier molecular flexibility index (Phi) is 5.70. The monoisotopic (exact) mass is 374 g/mol. The van der Waals surface area contributed by atoms with Crippen molar-refractivity contribution in [3.05, 3.63) is 71.3 Å². The molecule has 26 heavy (non-hydrogen) atoms. The van der Waals surface area contributed by atoms with E-state index in [4.69, 9.17) is 5.21 Å². The van der Waals surface area contributed by atoms with E-state index in [1.165, 1.54) is 0 Å². The number of rotatable bonds is 5. The van der Waals surface area contributed by atoms with Gasteiger partial charge in [0.05, 0.1) is 17.4 Å².